The molecule has 0 spiro atoms. The van der Waals surface area contributed by atoms with Crippen molar-refractivity contribution in [3.63, 3.8) is 0 Å². The van der Waals surface area contributed by atoms with E-state index in [9.17, 15) is 6.57 Å². The van der Waals surface area contributed by atoms with E-state index in [1.165, 1.54) is 0 Å². The van der Waals surface area contributed by atoms with E-state index < -0.39 is 0 Å². The molecule has 0 aliphatic heterocycles. The number of benzene rings is 11. The number of rotatable bonds is 8. The summed E-state index contributed by atoms with van der Waals surface area (Å²) in [6.45, 7) is 9.33. The Bertz CT molecular complexity index is 4780. The molecule has 7 heteroatoms. The van der Waals surface area contributed by atoms with E-state index in [0.717, 1.165) is 134 Å². The third kappa shape index (κ3) is 6.75. The minimum Gasteiger partial charge on any atom is -0.278 e. The van der Waals surface area contributed by atoms with Crippen molar-refractivity contribution in [2.24, 2.45) is 0 Å². The van der Waals surface area contributed by atoms with Gasteiger partial charge in [0.05, 0.1) is 50.7 Å². The van der Waals surface area contributed by atoms with Gasteiger partial charge in [-0.25, -0.2) is 14.8 Å². The van der Waals surface area contributed by atoms with Gasteiger partial charge in [-0.3, -0.25) is 17.9 Å². The van der Waals surface area contributed by atoms with E-state index in [1.807, 2.05) is 18.2 Å². The second-order valence-corrected chi connectivity index (χ2v) is 19.3. The number of para-hydroxylation sites is 2. The summed E-state index contributed by atoms with van der Waals surface area (Å²) in [5, 5.41) is 0. The molecule has 0 fully saturated rings. The summed E-state index contributed by atoms with van der Waals surface area (Å²) in [5.74, 6) is 1.65. The molecule has 15 aromatic rings. The maximum Gasteiger partial charge on any atom is 0.220 e. The molecule has 7 nitrogen and oxygen atoms in total. The maximum absolute atomic E-state index is 9.33. The molecule has 0 radical (unpaired) electrons. The van der Waals surface area contributed by atoms with E-state index in [1.54, 1.807) is 0 Å². The van der Waals surface area contributed by atoms with Crippen molar-refractivity contribution in [1.29, 1.82) is 0 Å². The first-order valence-electron chi connectivity index (χ1n) is 25.5. The first-order chi connectivity index (χ1) is 37.7. The van der Waals surface area contributed by atoms with Crippen LogP contribution in [0.5, 0.6) is 0 Å². The number of nitrogens with zero attached hydrogens (tertiary/aromatic N) is 7. The molecule has 76 heavy (non-hydrogen) atoms. The molecule has 0 aliphatic rings. The lowest BCUT2D eigenvalue weighted by atomic mass is 9.83. The van der Waals surface area contributed by atoms with Crippen LogP contribution in [-0.2, 0) is 0 Å². The first kappa shape index (κ1) is 43.1. The summed E-state index contributed by atoms with van der Waals surface area (Å²) < 4.78 is 9.10. The molecule has 0 bridgehead atoms. The molecule has 0 saturated carbocycles. The van der Waals surface area contributed by atoms with E-state index in [4.69, 9.17) is 9.97 Å². The van der Waals surface area contributed by atoms with Gasteiger partial charge in [0.2, 0.25) is 17.2 Å². The van der Waals surface area contributed by atoms with Crippen LogP contribution in [-0.4, -0.2) is 27.9 Å². The van der Waals surface area contributed by atoms with Crippen LogP contribution in [0.15, 0.2) is 261 Å². The molecule has 4 aromatic heterocycles. The molecule has 15 rings (SSSR count). The van der Waals surface area contributed by atoms with Crippen molar-refractivity contribution in [2.45, 2.75) is 0 Å². The minimum atomic E-state index is 0.579. The fourth-order valence-corrected chi connectivity index (χ4v) is 11.5. The first-order valence-corrected chi connectivity index (χ1v) is 25.5. The van der Waals surface area contributed by atoms with Crippen molar-refractivity contribution >= 4 is 61.4 Å². The molecule has 0 amide bonds. The summed E-state index contributed by atoms with van der Waals surface area (Å²) in [5.41, 5.74) is 22.6. The van der Waals surface area contributed by atoms with E-state index in [-0.39, 0.29) is 0 Å². The zero-order chi connectivity index (χ0) is 50.3. The molecular weight excluding hydrogens is 927 g/mol. The van der Waals surface area contributed by atoms with Crippen LogP contribution in [0, 0.1) is 6.57 Å². The second kappa shape index (κ2) is 17.3. The van der Waals surface area contributed by atoms with Gasteiger partial charge in [0.15, 0.2) is 0 Å². The lowest BCUT2D eigenvalue weighted by Crippen LogP contribution is -1.96. The average molecular weight is 970 g/mol. The summed E-state index contributed by atoms with van der Waals surface area (Å²) in [4.78, 5) is 15.3. The molecule has 0 N–H and O–H groups in total. The predicted octanol–water partition coefficient (Wildman–Crippen LogP) is 17.7. The number of imidazole rings is 4. The van der Waals surface area contributed by atoms with Gasteiger partial charge in [-0.05, 0) is 146 Å². The number of hydrogen-bond acceptors (Lipinski definition) is 2. The van der Waals surface area contributed by atoms with Gasteiger partial charge in [-0.2, -0.15) is 0 Å². The lowest BCUT2D eigenvalue weighted by Gasteiger charge is -2.21. The molecule has 0 aliphatic carbocycles. The normalized spacial score (nSPS) is 11.7. The Labute approximate surface area is 437 Å². The van der Waals surface area contributed by atoms with Crippen LogP contribution < -0.4 is 0 Å². The van der Waals surface area contributed by atoms with Crippen molar-refractivity contribution in [2.75, 3.05) is 0 Å². The number of aromatic nitrogens is 6. The Morgan fingerprint density at radius 3 is 1.13 bits per heavy atom. The second-order valence-electron chi connectivity index (χ2n) is 19.3. The van der Waals surface area contributed by atoms with Gasteiger partial charge >= 0.3 is 0 Å². The van der Waals surface area contributed by atoms with E-state index in [0.29, 0.717) is 5.69 Å². The smallest absolute Gasteiger partial charge is 0.220 e. The van der Waals surface area contributed by atoms with E-state index in [2.05, 4.69) is 265 Å². The third-order valence-corrected chi connectivity index (χ3v) is 15.0. The maximum atomic E-state index is 9.33. The molecule has 11 aromatic carbocycles. The van der Waals surface area contributed by atoms with Crippen LogP contribution >= 0.6 is 0 Å². The highest BCUT2D eigenvalue weighted by molar-refractivity contribution is 6.08. The summed E-state index contributed by atoms with van der Waals surface area (Å²) in [7, 11) is 0. The monoisotopic (exact) mass is 969 g/mol. The molecular formula is C69H43N7. The highest BCUT2D eigenvalue weighted by Gasteiger charge is 2.26. The summed E-state index contributed by atoms with van der Waals surface area (Å²) in [6.07, 6.45) is 0. The third-order valence-electron chi connectivity index (χ3n) is 15.0. The Morgan fingerprint density at radius 2 is 0.658 bits per heavy atom. The zero-order valence-corrected chi connectivity index (χ0v) is 41.0. The standard InChI is InChI=1S/C69H43N7/c1-70-67-65(48-26-14-5-15-27-48)56(51-34-38-59-63(42-51)75-61-40-49(45-20-8-2-9-21-45)32-36-57(61)71-68(75)73(59)53-28-16-6-17-29-53)44-55(47-24-12-4-13-25-47)66(67)52-35-39-60-64(43-52)76-62-41-50(46-22-10-3-11-23-46)33-37-58(62)72-69(76)74(60)54-30-18-7-19-31-54/h2-44H. The Morgan fingerprint density at radius 1 is 0.289 bits per heavy atom. The Hall–Kier alpha value is -10.6. The van der Waals surface area contributed by atoms with Gasteiger partial charge < -0.3 is 0 Å². The average Bonchev–Trinajstić information content (AvgIpc) is 4.31. The van der Waals surface area contributed by atoms with Gasteiger partial charge in [0.1, 0.15) is 0 Å². The number of hydrogen-bond donors (Lipinski definition) is 0. The van der Waals surface area contributed by atoms with Gasteiger partial charge in [-0.15, -0.1) is 0 Å². The largest absolute Gasteiger partial charge is 0.278 e. The predicted molar refractivity (Wildman–Crippen MR) is 311 cm³/mol. The van der Waals surface area contributed by atoms with Gasteiger partial charge in [0, 0.05) is 11.4 Å². The van der Waals surface area contributed by atoms with E-state index >= 15 is 0 Å². The summed E-state index contributed by atoms with van der Waals surface area (Å²) in [6, 6.07) is 91.7. The van der Waals surface area contributed by atoms with Crippen molar-refractivity contribution in [3.05, 3.63) is 272 Å². The Balaban J connectivity index is 1.02. The number of fused-ring (bicyclic) bond motifs is 10. The lowest BCUT2D eigenvalue weighted by molar-refractivity contribution is 1.11. The van der Waals surface area contributed by atoms with Crippen LogP contribution in [0.2, 0.25) is 0 Å². The Kier molecular flexibility index (Phi) is 9.81. The van der Waals surface area contributed by atoms with Gasteiger partial charge in [0.25, 0.3) is 0 Å². The molecule has 0 saturated heterocycles. The van der Waals surface area contributed by atoms with Gasteiger partial charge in [-0.1, -0.05) is 182 Å². The molecule has 0 unspecified atom stereocenters. The van der Waals surface area contributed by atoms with Crippen molar-refractivity contribution in [1.82, 2.24) is 27.9 Å². The van der Waals surface area contributed by atoms with Crippen molar-refractivity contribution in [3.8, 4) is 78.1 Å². The van der Waals surface area contributed by atoms with Crippen LogP contribution in [0.3, 0.4) is 0 Å². The quantitative estimate of drug-likeness (QED) is 0.142. The highest BCUT2D eigenvalue weighted by Crippen LogP contribution is 2.51. The molecule has 354 valence electrons. The molecule has 0 atom stereocenters. The topological polar surface area (TPSA) is 48.8 Å². The zero-order valence-electron chi connectivity index (χ0n) is 41.0. The minimum absolute atomic E-state index is 0.579. The highest BCUT2D eigenvalue weighted by atomic mass is 15.2. The fourth-order valence-electron chi connectivity index (χ4n) is 11.5. The SMILES string of the molecule is [C-]#[N+]c1c(-c2ccccc2)c(-c2ccc3c(c2)n2c4cc(-c5ccccc5)ccc4nc2n3-c2ccccc2)cc(-c2ccccc2)c1-c1ccc2c(c1)n1c3cc(-c4ccccc4)ccc3nc1n2-c1ccccc1. The van der Waals surface area contributed by atoms with Crippen LogP contribution in [0.25, 0.3) is 139 Å². The van der Waals surface area contributed by atoms with Crippen molar-refractivity contribution < 1.29 is 0 Å². The summed E-state index contributed by atoms with van der Waals surface area (Å²) >= 11 is 0. The fraction of sp³-hybridized carbons (Fsp3) is 0. The molecule has 4 heterocycles. The van der Waals surface area contributed by atoms with Crippen LogP contribution in [0.4, 0.5) is 5.69 Å². The van der Waals surface area contributed by atoms with Crippen LogP contribution in [0.1, 0.15) is 0 Å².